The van der Waals surface area contributed by atoms with Crippen molar-refractivity contribution in [3.05, 3.63) is 86.0 Å². The first kappa shape index (κ1) is 21.7. The van der Waals surface area contributed by atoms with Gasteiger partial charge in [0, 0.05) is 23.2 Å². The fraction of sp³-hybridized carbons (Fsp3) is 0.0909. The van der Waals surface area contributed by atoms with Gasteiger partial charge in [0.1, 0.15) is 17.3 Å². The van der Waals surface area contributed by atoms with Gasteiger partial charge in [0.05, 0.1) is 29.0 Å². The highest BCUT2D eigenvalue weighted by atomic mass is 35.5. The second-order valence-electron chi connectivity index (χ2n) is 6.74. The van der Waals surface area contributed by atoms with Gasteiger partial charge in [0.25, 0.3) is 16.8 Å². The molecule has 0 saturated carbocycles. The van der Waals surface area contributed by atoms with E-state index in [0.717, 1.165) is 16.7 Å². The maximum absolute atomic E-state index is 12.8. The number of non-ortho nitro benzene ring substituents is 1. The normalized spacial score (nSPS) is 14.9. The molecule has 1 aliphatic rings. The third-order valence-corrected chi connectivity index (χ3v) is 5.83. The van der Waals surface area contributed by atoms with Crippen molar-refractivity contribution < 1.29 is 23.7 Å². The summed E-state index contributed by atoms with van der Waals surface area (Å²) in [4.78, 5) is 36.7. The van der Waals surface area contributed by atoms with E-state index < -0.39 is 16.1 Å². The molecular formula is C22H15ClN2O6S. The Labute approximate surface area is 191 Å². The summed E-state index contributed by atoms with van der Waals surface area (Å²) in [6.07, 6.45) is 1.50. The fourth-order valence-corrected chi connectivity index (χ4v) is 4.11. The molecule has 0 aliphatic carbocycles. The Morgan fingerprint density at radius 1 is 1.16 bits per heavy atom. The van der Waals surface area contributed by atoms with Crippen LogP contribution in [0.3, 0.4) is 0 Å². The fourth-order valence-electron chi connectivity index (χ4n) is 3.12. The summed E-state index contributed by atoms with van der Waals surface area (Å²) >= 11 is 6.88. The topological polar surface area (TPSA) is 103 Å². The lowest BCUT2D eigenvalue weighted by Gasteiger charge is -2.12. The molecular weight excluding hydrogens is 456 g/mol. The number of benzene rings is 2. The zero-order chi connectivity index (χ0) is 22.8. The predicted molar refractivity (Wildman–Crippen MR) is 120 cm³/mol. The van der Waals surface area contributed by atoms with Gasteiger partial charge in [-0.25, -0.2) is 0 Å². The number of methoxy groups -OCH3 is 1. The van der Waals surface area contributed by atoms with Gasteiger partial charge in [0.15, 0.2) is 0 Å². The first-order valence-electron chi connectivity index (χ1n) is 9.28. The van der Waals surface area contributed by atoms with Crippen LogP contribution in [0.5, 0.6) is 5.75 Å². The number of thioether (sulfide) groups is 1. The number of carbonyl (C=O) groups excluding carboxylic acids is 2. The van der Waals surface area contributed by atoms with Crippen LogP contribution in [-0.4, -0.2) is 28.1 Å². The van der Waals surface area contributed by atoms with E-state index in [0.29, 0.717) is 33.4 Å². The van der Waals surface area contributed by atoms with Crippen molar-refractivity contribution in [3.63, 3.8) is 0 Å². The number of rotatable bonds is 6. The average molecular weight is 471 g/mol. The second kappa shape index (κ2) is 8.89. The summed E-state index contributed by atoms with van der Waals surface area (Å²) in [5, 5.41) is 10.9. The van der Waals surface area contributed by atoms with E-state index in [-0.39, 0.29) is 17.1 Å². The van der Waals surface area contributed by atoms with Gasteiger partial charge in [0.2, 0.25) is 0 Å². The molecule has 0 unspecified atom stereocenters. The minimum Gasteiger partial charge on any atom is -0.496 e. The van der Waals surface area contributed by atoms with Crippen LogP contribution in [0.1, 0.15) is 11.3 Å². The Balaban J connectivity index is 1.53. The zero-order valence-electron chi connectivity index (χ0n) is 16.6. The third kappa shape index (κ3) is 4.39. The van der Waals surface area contributed by atoms with Crippen molar-refractivity contribution in [2.45, 2.75) is 6.54 Å². The largest absolute Gasteiger partial charge is 0.496 e. The highest BCUT2D eigenvalue weighted by molar-refractivity contribution is 8.18. The van der Waals surface area contributed by atoms with E-state index in [4.69, 9.17) is 20.8 Å². The number of nitrogens with zero attached hydrogens (tertiary/aromatic N) is 2. The Hall–Kier alpha value is -3.56. The van der Waals surface area contributed by atoms with E-state index in [9.17, 15) is 19.7 Å². The van der Waals surface area contributed by atoms with Crippen LogP contribution in [0, 0.1) is 10.1 Å². The molecule has 0 bridgehead atoms. The third-order valence-electron chi connectivity index (χ3n) is 4.69. The number of carbonyl (C=O) groups is 2. The Morgan fingerprint density at radius 2 is 1.91 bits per heavy atom. The van der Waals surface area contributed by atoms with E-state index in [1.165, 1.54) is 37.5 Å². The molecule has 8 nitrogen and oxygen atoms in total. The molecule has 0 N–H and O–H groups in total. The molecule has 1 saturated heterocycles. The Kier molecular flexibility index (Phi) is 6.02. The number of amides is 2. The van der Waals surface area contributed by atoms with Crippen LogP contribution in [0.25, 0.3) is 17.4 Å². The molecule has 4 rings (SSSR count). The molecule has 1 fully saturated rings. The lowest BCUT2D eigenvalue weighted by Crippen LogP contribution is -2.27. The van der Waals surface area contributed by atoms with Gasteiger partial charge >= 0.3 is 0 Å². The summed E-state index contributed by atoms with van der Waals surface area (Å²) in [6, 6.07) is 14.2. The monoisotopic (exact) mass is 470 g/mol. The average Bonchev–Trinajstić information content (AvgIpc) is 3.34. The molecule has 32 heavy (non-hydrogen) atoms. The molecule has 3 aromatic rings. The molecule has 0 atom stereocenters. The van der Waals surface area contributed by atoms with Gasteiger partial charge < -0.3 is 9.15 Å². The standard InChI is InChI=1S/C22H15ClN2O6S/c1-30-18-8-4-14(23)10-17(18)19-9-7-16(31-19)11-20-21(26)24(22(27)32-20)12-13-2-5-15(6-3-13)25(28)29/h2-11H,12H2,1H3. The number of halogens is 1. The van der Waals surface area contributed by atoms with Gasteiger partial charge in [-0.15, -0.1) is 0 Å². The minimum atomic E-state index is -0.511. The quantitative estimate of drug-likeness (QED) is 0.256. The van der Waals surface area contributed by atoms with Crippen LogP contribution in [0.4, 0.5) is 10.5 Å². The zero-order valence-corrected chi connectivity index (χ0v) is 18.2. The summed E-state index contributed by atoms with van der Waals surface area (Å²) in [5.74, 6) is 1.01. The van der Waals surface area contributed by atoms with Crippen LogP contribution in [0.15, 0.2) is 63.9 Å². The smallest absolute Gasteiger partial charge is 0.293 e. The molecule has 0 radical (unpaired) electrons. The number of nitro groups is 1. The van der Waals surface area contributed by atoms with Crippen LogP contribution >= 0.6 is 23.4 Å². The lowest BCUT2D eigenvalue weighted by atomic mass is 10.1. The molecule has 2 amide bonds. The van der Waals surface area contributed by atoms with E-state index in [1.54, 1.807) is 30.3 Å². The summed E-state index contributed by atoms with van der Waals surface area (Å²) < 4.78 is 11.2. The molecule has 162 valence electrons. The number of hydrogen-bond donors (Lipinski definition) is 0. The number of hydrogen-bond acceptors (Lipinski definition) is 7. The van der Waals surface area contributed by atoms with Gasteiger partial charge in [-0.2, -0.15) is 0 Å². The Bertz CT molecular complexity index is 1250. The van der Waals surface area contributed by atoms with Crippen molar-refractivity contribution in [1.29, 1.82) is 0 Å². The van der Waals surface area contributed by atoms with E-state index >= 15 is 0 Å². The summed E-state index contributed by atoms with van der Waals surface area (Å²) in [6.45, 7) is 0.0170. The summed E-state index contributed by atoms with van der Waals surface area (Å²) in [5.41, 5.74) is 1.20. The van der Waals surface area contributed by atoms with E-state index in [2.05, 4.69) is 0 Å². The number of imide groups is 1. The van der Waals surface area contributed by atoms with Crippen LogP contribution < -0.4 is 4.74 Å². The molecule has 2 aromatic carbocycles. The SMILES string of the molecule is COc1ccc(Cl)cc1-c1ccc(C=C2SC(=O)N(Cc3ccc([N+](=O)[O-])cc3)C2=O)o1. The van der Waals surface area contributed by atoms with Crippen molar-refractivity contribution in [2.24, 2.45) is 0 Å². The minimum absolute atomic E-state index is 0.0170. The molecule has 1 aromatic heterocycles. The molecule has 1 aliphatic heterocycles. The highest BCUT2D eigenvalue weighted by Gasteiger charge is 2.35. The summed E-state index contributed by atoms with van der Waals surface area (Å²) in [7, 11) is 1.54. The van der Waals surface area contributed by atoms with Crippen molar-refractivity contribution in [2.75, 3.05) is 7.11 Å². The molecule has 2 heterocycles. The first-order chi connectivity index (χ1) is 15.4. The maximum atomic E-state index is 12.8. The van der Waals surface area contributed by atoms with E-state index in [1.807, 2.05) is 0 Å². The van der Waals surface area contributed by atoms with Crippen molar-refractivity contribution in [3.8, 4) is 17.1 Å². The number of ether oxygens (including phenoxy) is 1. The van der Waals surface area contributed by atoms with Gasteiger partial charge in [-0.05, 0) is 47.7 Å². The lowest BCUT2D eigenvalue weighted by molar-refractivity contribution is -0.384. The highest BCUT2D eigenvalue weighted by Crippen LogP contribution is 2.36. The van der Waals surface area contributed by atoms with Gasteiger partial charge in [-0.3, -0.25) is 24.6 Å². The molecule has 0 spiro atoms. The van der Waals surface area contributed by atoms with Crippen LogP contribution in [-0.2, 0) is 11.3 Å². The van der Waals surface area contributed by atoms with Gasteiger partial charge in [-0.1, -0.05) is 23.7 Å². The first-order valence-corrected chi connectivity index (χ1v) is 10.5. The number of furan rings is 1. The maximum Gasteiger partial charge on any atom is 0.293 e. The van der Waals surface area contributed by atoms with Crippen LogP contribution in [0.2, 0.25) is 5.02 Å². The molecule has 10 heteroatoms. The Morgan fingerprint density at radius 3 is 2.59 bits per heavy atom. The van der Waals surface area contributed by atoms with Crippen molar-refractivity contribution >= 4 is 46.3 Å². The van der Waals surface area contributed by atoms with Crippen molar-refractivity contribution in [1.82, 2.24) is 4.90 Å². The second-order valence-corrected chi connectivity index (χ2v) is 8.17. The predicted octanol–water partition coefficient (Wildman–Crippen LogP) is 5.75. The number of nitro benzene ring substituents is 1.